The minimum atomic E-state index is -0.821. The van der Waals surface area contributed by atoms with Crippen molar-refractivity contribution in [3.63, 3.8) is 0 Å². The molecular formula is C16H24F2N2O. The quantitative estimate of drug-likeness (QED) is 0.877. The van der Waals surface area contributed by atoms with E-state index >= 15 is 0 Å². The third kappa shape index (κ3) is 4.73. The minimum Gasteiger partial charge on any atom is -0.393 e. The first-order valence-corrected chi connectivity index (χ1v) is 7.57. The van der Waals surface area contributed by atoms with Crippen LogP contribution in [0.25, 0.3) is 0 Å². The Morgan fingerprint density at radius 1 is 1.33 bits per heavy atom. The Hall–Kier alpha value is -1.04. The largest absolute Gasteiger partial charge is 0.393 e. The van der Waals surface area contributed by atoms with Crippen LogP contribution in [-0.4, -0.2) is 35.2 Å². The maximum absolute atomic E-state index is 13.3. The van der Waals surface area contributed by atoms with Crippen LogP contribution in [0.15, 0.2) is 18.2 Å². The standard InChI is InChI=1S/C16H24F2N2O/c1-2-14(21)6-12-5-13(19)10-20(9-12)8-11-3-4-15(17)16(18)7-11/h3-4,7,12-14,21H,2,5-6,8-10,19H2,1H3. The highest BCUT2D eigenvalue weighted by atomic mass is 19.2. The maximum Gasteiger partial charge on any atom is 0.159 e. The Balaban J connectivity index is 1.96. The lowest BCUT2D eigenvalue weighted by molar-refractivity contribution is 0.0876. The molecule has 1 aliphatic rings. The lowest BCUT2D eigenvalue weighted by atomic mass is 9.89. The first-order chi connectivity index (χ1) is 9.97. The molecule has 0 radical (unpaired) electrons. The summed E-state index contributed by atoms with van der Waals surface area (Å²) in [6.07, 6.45) is 2.11. The minimum absolute atomic E-state index is 0.0677. The van der Waals surface area contributed by atoms with Crippen LogP contribution in [0.4, 0.5) is 8.78 Å². The molecule has 3 unspecified atom stereocenters. The molecule has 1 heterocycles. The van der Waals surface area contributed by atoms with Crippen molar-refractivity contribution in [2.24, 2.45) is 11.7 Å². The normalized spacial score (nSPS) is 25.0. The second-order valence-electron chi connectivity index (χ2n) is 6.10. The fourth-order valence-corrected chi connectivity index (χ4v) is 3.10. The average Bonchev–Trinajstić information content (AvgIpc) is 2.42. The third-order valence-electron chi connectivity index (χ3n) is 4.11. The summed E-state index contributed by atoms with van der Waals surface area (Å²) in [4.78, 5) is 2.16. The molecule has 118 valence electrons. The zero-order chi connectivity index (χ0) is 15.4. The highest BCUT2D eigenvalue weighted by Crippen LogP contribution is 2.23. The smallest absolute Gasteiger partial charge is 0.159 e. The number of aliphatic hydroxyl groups is 1. The van der Waals surface area contributed by atoms with Gasteiger partial charge in [-0.05, 0) is 42.9 Å². The van der Waals surface area contributed by atoms with Crippen LogP contribution in [-0.2, 0) is 6.54 Å². The molecule has 1 aromatic rings. The van der Waals surface area contributed by atoms with Gasteiger partial charge in [-0.15, -0.1) is 0 Å². The van der Waals surface area contributed by atoms with Crippen LogP contribution in [0, 0.1) is 17.6 Å². The maximum atomic E-state index is 13.3. The lowest BCUT2D eigenvalue weighted by Gasteiger charge is -2.37. The van der Waals surface area contributed by atoms with Crippen LogP contribution in [0.2, 0.25) is 0 Å². The molecule has 0 aromatic heterocycles. The summed E-state index contributed by atoms with van der Waals surface area (Å²) in [5.74, 6) is -1.28. The molecule has 2 rings (SSSR count). The van der Waals surface area contributed by atoms with Gasteiger partial charge in [0, 0.05) is 25.7 Å². The van der Waals surface area contributed by atoms with Crippen LogP contribution < -0.4 is 5.73 Å². The Kier molecular flexibility index (Phi) is 5.67. The Morgan fingerprint density at radius 2 is 2.10 bits per heavy atom. The van der Waals surface area contributed by atoms with E-state index in [1.165, 1.54) is 6.07 Å². The van der Waals surface area contributed by atoms with E-state index < -0.39 is 11.6 Å². The van der Waals surface area contributed by atoms with Crippen molar-refractivity contribution in [2.75, 3.05) is 13.1 Å². The second-order valence-corrected chi connectivity index (χ2v) is 6.10. The number of aliphatic hydroxyl groups excluding tert-OH is 1. The van der Waals surface area contributed by atoms with E-state index in [2.05, 4.69) is 4.90 Å². The molecule has 1 saturated heterocycles. The number of rotatable bonds is 5. The number of nitrogens with two attached hydrogens (primary N) is 1. The summed E-state index contributed by atoms with van der Waals surface area (Å²) >= 11 is 0. The van der Waals surface area contributed by atoms with Gasteiger partial charge in [-0.3, -0.25) is 4.90 Å². The molecule has 1 aromatic carbocycles. The summed E-state index contributed by atoms with van der Waals surface area (Å²) < 4.78 is 26.2. The number of halogens is 2. The van der Waals surface area contributed by atoms with Gasteiger partial charge in [-0.25, -0.2) is 8.78 Å². The summed E-state index contributed by atoms with van der Waals surface area (Å²) in [6, 6.07) is 4.07. The number of benzene rings is 1. The molecule has 1 aliphatic heterocycles. The van der Waals surface area contributed by atoms with Crippen molar-refractivity contribution in [3.05, 3.63) is 35.4 Å². The average molecular weight is 298 g/mol. The van der Waals surface area contributed by atoms with Gasteiger partial charge in [0.1, 0.15) is 0 Å². The van der Waals surface area contributed by atoms with Gasteiger partial charge in [-0.1, -0.05) is 13.0 Å². The molecule has 0 saturated carbocycles. The Bertz CT molecular complexity index is 470. The van der Waals surface area contributed by atoms with Gasteiger partial charge in [0.05, 0.1) is 6.10 Å². The van der Waals surface area contributed by atoms with E-state index in [-0.39, 0.29) is 12.1 Å². The second kappa shape index (κ2) is 7.29. The van der Waals surface area contributed by atoms with Gasteiger partial charge >= 0.3 is 0 Å². The highest BCUT2D eigenvalue weighted by molar-refractivity contribution is 5.17. The van der Waals surface area contributed by atoms with E-state index in [9.17, 15) is 13.9 Å². The van der Waals surface area contributed by atoms with Gasteiger partial charge in [0.15, 0.2) is 11.6 Å². The lowest BCUT2D eigenvalue weighted by Crippen LogP contribution is -2.47. The molecule has 1 fully saturated rings. The van der Waals surface area contributed by atoms with Gasteiger partial charge < -0.3 is 10.8 Å². The van der Waals surface area contributed by atoms with Crippen molar-refractivity contribution in [1.82, 2.24) is 4.90 Å². The van der Waals surface area contributed by atoms with Crippen molar-refractivity contribution in [1.29, 1.82) is 0 Å². The summed E-state index contributed by atoms with van der Waals surface area (Å²) in [5, 5.41) is 9.79. The molecule has 3 nitrogen and oxygen atoms in total. The first-order valence-electron chi connectivity index (χ1n) is 7.57. The fourth-order valence-electron chi connectivity index (χ4n) is 3.10. The number of nitrogens with zero attached hydrogens (tertiary/aromatic N) is 1. The van der Waals surface area contributed by atoms with E-state index in [1.54, 1.807) is 6.07 Å². The summed E-state index contributed by atoms with van der Waals surface area (Å²) in [7, 11) is 0. The number of hydrogen-bond donors (Lipinski definition) is 2. The van der Waals surface area contributed by atoms with Gasteiger partial charge in [-0.2, -0.15) is 0 Å². The zero-order valence-electron chi connectivity index (χ0n) is 12.4. The molecule has 3 N–H and O–H groups in total. The van der Waals surface area contributed by atoms with Crippen molar-refractivity contribution >= 4 is 0 Å². The summed E-state index contributed by atoms with van der Waals surface area (Å²) in [5.41, 5.74) is 6.83. The van der Waals surface area contributed by atoms with Gasteiger partial charge in [0.25, 0.3) is 0 Å². The predicted octanol–water partition coefficient (Wildman–Crippen LogP) is 2.28. The van der Waals surface area contributed by atoms with E-state index in [1.807, 2.05) is 6.92 Å². The topological polar surface area (TPSA) is 49.5 Å². The molecule has 5 heteroatoms. The molecule has 0 spiro atoms. The molecule has 3 atom stereocenters. The Morgan fingerprint density at radius 3 is 2.76 bits per heavy atom. The number of piperidine rings is 1. The van der Waals surface area contributed by atoms with Crippen molar-refractivity contribution < 1.29 is 13.9 Å². The number of hydrogen-bond acceptors (Lipinski definition) is 3. The monoisotopic (exact) mass is 298 g/mol. The predicted molar refractivity (Wildman–Crippen MR) is 78.6 cm³/mol. The highest BCUT2D eigenvalue weighted by Gasteiger charge is 2.26. The van der Waals surface area contributed by atoms with Crippen molar-refractivity contribution in [3.8, 4) is 0 Å². The van der Waals surface area contributed by atoms with Crippen LogP contribution in [0.3, 0.4) is 0 Å². The SMILES string of the molecule is CCC(O)CC1CC(N)CN(Cc2ccc(F)c(F)c2)C1. The third-order valence-corrected chi connectivity index (χ3v) is 4.11. The van der Waals surface area contributed by atoms with Gasteiger partial charge in [0.2, 0.25) is 0 Å². The van der Waals surface area contributed by atoms with E-state index in [0.717, 1.165) is 44.0 Å². The van der Waals surface area contributed by atoms with Crippen LogP contribution >= 0.6 is 0 Å². The zero-order valence-corrected chi connectivity index (χ0v) is 12.4. The first kappa shape index (κ1) is 16.3. The van der Waals surface area contributed by atoms with E-state index in [4.69, 9.17) is 5.73 Å². The molecule has 21 heavy (non-hydrogen) atoms. The number of likely N-dealkylation sites (tertiary alicyclic amines) is 1. The molecule has 0 bridgehead atoms. The van der Waals surface area contributed by atoms with Crippen LogP contribution in [0.5, 0.6) is 0 Å². The Labute approximate surface area is 124 Å². The van der Waals surface area contributed by atoms with Crippen LogP contribution in [0.1, 0.15) is 31.7 Å². The van der Waals surface area contributed by atoms with Crippen molar-refractivity contribution in [2.45, 2.75) is 44.9 Å². The fraction of sp³-hybridized carbons (Fsp3) is 0.625. The van der Waals surface area contributed by atoms with E-state index in [0.29, 0.717) is 12.5 Å². The molecular weight excluding hydrogens is 274 g/mol. The summed E-state index contributed by atoms with van der Waals surface area (Å²) in [6.45, 7) is 4.11. The molecule has 0 aliphatic carbocycles. The molecule has 0 amide bonds.